The Labute approximate surface area is 126 Å². The molecular formula is C3H8Na2O7P2. The van der Waals surface area contributed by atoms with Crippen LogP contribution in [-0.2, 0) is 18.0 Å². The van der Waals surface area contributed by atoms with E-state index >= 15 is 0 Å². The molecule has 0 aliphatic carbocycles. The van der Waals surface area contributed by atoms with Crippen LogP contribution in [0.3, 0.4) is 0 Å². The molecule has 0 aromatic rings. The first-order valence-electron chi connectivity index (χ1n) is 2.97. The van der Waals surface area contributed by atoms with Crippen molar-refractivity contribution >= 4 is 15.6 Å². The first-order chi connectivity index (χ1) is 5.27. The summed E-state index contributed by atoms with van der Waals surface area (Å²) in [5, 5.41) is 0. The van der Waals surface area contributed by atoms with Crippen LogP contribution in [-0.4, -0.2) is 11.5 Å². The van der Waals surface area contributed by atoms with E-state index in [0.717, 1.165) is 0 Å². The monoisotopic (exact) mass is 264 g/mol. The third-order valence-electron chi connectivity index (χ3n) is 0.657. The van der Waals surface area contributed by atoms with Gasteiger partial charge in [0.05, 0.1) is 6.61 Å². The Bertz CT molecular complexity index is 227. The number of hydrogen-bond acceptors (Lipinski definition) is 6. The summed E-state index contributed by atoms with van der Waals surface area (Å²) in [5.74, 6) is 0. The topological polar surface area (TPSA) is 119 Å². The van der Waals surface area contributed by atoms with Crippen molar-refractivity contribution in [2.45, 2.75) is 13.3 Å². The first kappa shape index (κ1) is 21.5. The zero-order chi connectivity index (χ0) is 9.83. The van der Waals surface area contributed by atoms with Crippen LogP contribution in [0.4, 0.5) is 0 Å². The molecule has 1 N–H and O–H groups in total. The van der Waals surface area contributed by atoms with Gasteiger partial charge in [-0.3, -0.25) is 9.13 Å². The fourth-order valence-corrected chi connectivity index (χ4v) is 1.96. The summed E-state index contributed by atoms with van der Waals surface area (Å²) in [6.07, 6.45) is 0.379. The van der Waals surface area contributed by atoms with Crippen molar-refractivity contribution in [3.05, 3.63) is 0 Å². The van der Waals surface area contributed by atoms with E-state index in [-0.39, 0.29) is 65.7 Å². The third kappa shape index (κ3) is 14.3. The van der Waals surface area contributed by atoms with Gasteiger partial charge in [-0.25, -0.2) is 4.31 Å². The van der Waals surface area contributed by atoms with Gasteiger partial charge >= 0.3 is 59.1 Å². The maximum atomic E-state index is 10.5. The Morgan fingerprint density at radius 2 is 1.71 bits per heavy atom. The van der Waals surface area contributed by atoms with E-state index < -0.39 is 15.6 Å². The van der Waals surface area contributed by atoms with Gasteiger partial charge in [0.25, 0.3) is 15.6 Å². The minimum atomic E-state index is -5.28. The molecule has 0 heterocycles. The molecule has 0 rings (SSSR count). The molecule has 0 amide bonds. The van der Waals surface area contributed by atoms with Crippen molar-refractivity contribution in [1.82, 2.24) is 0 Å². The van der Waals surface area contributed by atoms with E-state index in [4.69, 9.17) is 4.89 Å². The normalized spacial score (nSPS) is 18.3. The molecule has 0 aliphatic rings. The Morgan fingerprint density at radius 3 is 2.00 bits per heavy atom. The molecule has 74 valence electrons. The molecule has 2 atom stereocenters. The number of phosphoric ester groups is 1. The van der Waals surface area contributed by atoms with Gasteiger partial charge in [0, 0.05) is 0 Å². The average molecular weight is 264 g/mol. The molecule has 0 aromatic carbocycles. The van der Waals surface area contributed by atoms with E-state index in [2.05, 4.69) is 8.83 Å². The second kappa shape index (κ2) is 9.31. The summed E-state index contributed by atoms with van der Waals surface area (Å²) in [4.78, 5) is 28.4. The van der Waals surface area contributed by atoms with Gasteiger partial charge in [-0.05, 0) is 6.42 Å². The van der Waals surface area contributed by atoms with E-state index in [1.54, 1.807) is 6.92 Å². The van der Waals surface area contributed by atoms with Crippen molar-refractivity contribution < 1.29 is 91.8 Å². The van der Waals surface area contributed by atoms with E-state index in [1.165, 1.54) is 0 Å². The minimum Gasteiger partial charge on any atom is -0.756 e. The van der Waals surface area contributed by atoms with Crippen LogP contribution in [0.1, 0.15) is 13.3 Å². The molecule has 0 fully saturated rings. The van der Waals surface area contributed by atoms with Gasteiger partial charge in [0.15, 0.2) is 0 Å². The quantitative estimate of drug-likeness (QED) is 0.387. The van der Waals surface area contributed by atoms with Crippen LogP contribution in [0.5, 0.6) is 0 Å². The van der Waals surface area contributed by atoms with Crippen molar-refractivity contribution in [1.29, 1.82) is 0 Å². The smallest absolute Gasteiger partial charge is 0.756 e. The van der Waals surface area contributed by atoms with Crippen molar-refractivity contribution in [3.8, 4) is 0 Å². The second-order valence-electron chi connectivity index (χ2n) is 1.83. The van der Waals surface area contributed by atoms with Gasteiger partial charge in [0.1, 0.15) is 0 Å². The zero-order valence-electron chi connectivity index (χ0n) is 8.21. The van der Waals surface area contributed by atoms with Gasteiger partial charge in [-0.1, -0.05) is 6.92 Å². The number of phosphoric acid groups is 2. The maximum Gasteiger partial charge on any atom is 1.00 e. The molecule has 0 spiro atoms. The predicted molar refractivity (Wildman–Crippen MR) is 34.8 cm³/mol. The van der Waals surface area contributed by atoms with Crippen LogP contribution in [0.15, 0.2) is 0 Å². The summed E-state index contributed by atoms with van der Waals surface area (Å²) in [7, 11) is -10.2. The Kier molecular flexibility index (Phi) is 14.3. The van der Waals surface area contributed by atoms with Crippen molar-refractivity contribution in [3.63, 3.8) is 0 Å². The van der Waals surface area contributed by atoms with Gasteiger partial charge < -0.3 is 19.2 Å². The Balaban J connectivity index is -0.000000605. The first-order valence-corrected chi connectivity index (χ1v) is 5.93. The molecule has 7 nitrogen and oxygen atoms in total. The Morgan fingerprint density at radius 1 is 1.29 bits per heavy atom. The maximum absolute atomic E-state index is 10.5. The Hall–Kier alpha value is 2.26. The van der Waals surface area contributed by atoms with Gasteiger partial charge in [-0.2, -0.15) is 0 Å². The summed E-state index contributed by atoms with van der Waals surface area (Å²) >= 11 is 0. The molecule has 2 unspecified atom stereocenters. The van der Waals surface area contributed by atoms with Crippen LogP contribution < -0.4 is 68.9 Å². The molecule has 0 bridgehead atoms. The standard InChI is InChI=1S/C3H10O7P2.2Na/c1-2-3-9-12(7,8)10-11(4,5)6;;/h2-3H2,1H3,(H,7,8)(H2,4,5,6);;/q;2*+1/p-2. The van der Waals surface area contributed by atoms with Crippen molar-refractivity contribution in [2.75, 3.05) is 6.61 Å². The van der Waals surface area contributed by atoms with Crippen LogP contribution in [0, 0.1) is 0 Å². The van der Waals surface area contributed by atoms with Gasteiger partial charge in [0.2, 0.25) is 0 Å². The van der Waals surface area contributed by atoms with Crippen LogP contribution >= 0.6 is 15.6 Å². The molecule has 0 radical (unpaired) electrons. The largest absolute Gasteiger partial charge is 1.00 e. The average Bonchev–Trinajstić information content (AvgIpc) is 1.78. The van der Waals surface area contributed by atoms with Gasteiger partial charge in [-0.15, -0.1) is 0 Å². The van der Waals surface area contributed by atoms with Crippen molar-refractivity contribution in [2.24, 2.45) is 0 Å². The van der Waals surface area contributed by atoms with Crippen LogP contribution in [0.2, 0.25) is 0 Å². The summed E-state index contributed by atoms with van der Waals surface area (Å²) < 4.78 is 27.6. The zero-order valence-corrected chi connectivity index (χ0v) is 14.0. The predicted octanol–water partition coefficient (Wildman–Crippen LogP) is -6.63. The molecule has 14 heavy (non-hydrogen) atoms. The molecule has 0 aliphatic heterocycles. The summed E-state index contributed by atoms with van der Waals surface area (Å²) in [6, 6.07) is 0. The number of hydrogen-bond donors (Lipinski definition) is 1. The summed E-state index contributed by atoms with van der Waals surface area (Å²) in [5.41, 5.74) is 0. The molecule has 11 heteroatoms. The molecular weight excluding hydrogens is 256 g/mol. The minimum absolute atomic E-state index is 0. The van der Waals surface area contributed by atoms with Crippen LogP contribution in [0.25, 0.3) is 0 Å². The third-order valence-corrected chi connectivity index (χ3v) is 2.78. The fraction of sp³-hybridized carbons (Fsp3) is 1.00. The molecule has 0 saturated carbocycles. The molecule has 0 saturated heterocycles. The van der Waals surface area contributed by atoms with E-state index in [0.29, 0.717) is 6.42 Å². The van der Waals surface area contributed by atoms with E-state index in [1.807, 2.05) is 0 Å². The molecule has 0 aromatic heterocycles. The number of rotatable bonds is 5. The second-order valence-corrected chi connectivity index (χ2v) is 4.57. The fourth-order valence-electron chi connectivity index (χ4n) is 0.353. The van der Waals surface area contributed by atoms with E-state index in [9.17, 15) is 18.9 Å². The summed E-state index contributed by atoms with van der Waals surface area (Å²) in [6.45, 7) is 1.43. The SMILES string of the molecule is CCCOP(=O)([O-])OP(=O)([O-])O.[Na+].[Na+].